The summed E-state index contributed by atoms with van der Waals surface area (Å²) >= 11 is 17.6. The van der Waals surface area contributed by atoms with Gasteiger partial charge in [0.15, 0.2) is 0 Å². The van der Waals surface area contributed by atoms with Crippen molar-refractivity contribution in [1.82, 2.24) is 4.98 Å². The Morgan fingerprint density at radius 2 is 2.00 bits per heavy atom. The lowest BCUT2D eigenvalue weighted by Crippen LogP contribution is -1.94. The predicted octanol–water partition coefficient (Wildman–Crippen LogP) is 4.87. The Morgan fingerprint density at radius 3 is 2.71 bits per heavy atom. The van der Waals surface area contributed by atoms with Gasteiger partial charge in [-0.3, -0.25) is 0 Å². The Morgan fingerprint density at radius 1 is 1.18 bits per heavy atom. The molecule has 0 saturated heterocycles. The second-order valence-corrected chi connectivity index (χ2v) is 4.55. The van der Waals surface area contributed by atoms with E-state index >= 15 is 0 Å². The van der Waals surface area contributed by atoms with Gasteiger partial charge in [0.25, 0.3) is 0 Å². The molecule has 88 valence electrons. The number of alkyl halides is 1. The third-order valence-corrected chi connectivity index (χ3v) is 2.96. The number of halogens is 3. The van der Waals surface area contributed by atoms with Crippen molar-refractivity contribution in [2.45, 2.75) is 5.88 Å². The Hall–Kier alpha value is -0.960. The van der Waals surface area contributed by atoms with Crippen LogP contribution in [0.4, 0.5) is 11.5 Å². The molecular formula is C12H9Cl3N2. The molecule has 0 amide bonds. The maximum absolute atomic E-state index is 6.02. The fourth-order valence-corrected chi connectivity index (χ4v) is 1.97. The summed E-state index contributed by atoms with van der Waals surface area (Å²) in [6.07, 6.45) is 1.54. The summed E-state index contributed by atoms with van der Waals surface area (Å²) in [4.78, 5) is 4.12. The summed E-state index contributed by atoms with van der Waals surface area (Å²) in [5, 5.41) is 4.10. The molecule has 0 saturated carbocycles. The van der Waals surface area contributed by atoms with Crippen LogP contribution in [0.3, 0.4) is 0 Å². The van der Waals surface area contributed by atoms with Crippen LogP contribution < -0.4 is 5.32 Å². The van der Waals surface area contributed by atoms with E-state index in [1.165, 1.54) is 0 Å². The molecule has 0 aliphatic rings. The molecule has 2 aromatic rings. The number of nitrogens with zero attached hydrogens (tertiary/aromatic N) is 1. The van der Waals surface area contributed by atoms with E-state index in [1.54, 1.807) is 12.3 Å². The van der Waals surface area contributed by atoms with Gasteiger partial charge in [-0.05, 0) is 23.8 Å². The van der Waals surface area contributed by atoms with E-state index in [0.29, 0.717) is 21.7 Å². The zero-order chi connectivity index (χ0) is 12.3. The lowest BCUT2D eigenvalue weighted by molar-refractivity contribution is 1.30. The molecule has 0 aliphatic carbocycles. The molecule has 0 aliphatic heterocycles. The van der Waals surface area contributed by atoms with E-state index in [9.17, 15) is 0 Å². The average Bonchev–Trinajstić information content (AvgIpc) is 2.33. The van der Waals surface area contributed by atoms with Crippen molar-refractivity contribution in [1.29, 1.82) is 0 Å². The summed E-state index contributed by atoms with van der Waals surface area (Å²) < 4.78 is 0. The maximum atomic E-state index is 6.02. The lowest BCUT2D eigenvalue weighted by atomic mass is 10.2. The van der Waals surface area contributed by atoms with Crippen LogP contribution in [0.5, 0.6) is 0 Å². The SMILES string of the molecule is ClCc1cccc(Nc2ncc(Cl)cc2Cl)c1. The first-order valence-corrected chi connectivity index (χ1v) is 6.21. The Kier molecular flexibility index (Phi) is 4.11. The third kappa shape index (κ3) is 3.25. The largest absolute Gasteiger partial charge is 0.339 e. The van der Waals surface area contributed by atoms with Crippen LogP contribution in [-0.2, 0) is 5.88 Å². The highest BCUT2D eigenvalue weighted by molar-refractivity contribution is 6.36. The van der Waals surface area contributed by atoms with Crippen molar-refractivity contribution >= 4 is 46.3 Å². The van der Waals surface area contributed by atoms with Gasteiger partial charge < -0.3 is 5.32 Å². The Balaban J connectivity index is 2.25. The van der Waals surface area contributed by atoms with Crippen LogP contribution in [0.2, 0.25) is 10.0 Å². The normalized spacial score (nSPS) is 10.3. The molecule has 0 radical (unpaired) electrons. The molecule has 0 atom stereocenters. The molecule has 0 fully saturated rings. The molecule has 1 aromatic carbocycles. The number of aromatic nitrogens is 1. The molecular weight excluding hydrogens is 279 g/mol. The Bertz CT molecular complexity index is 529. The van der Waals surface area contributed by atoms with Crippen LogP contribution in [0, 0.1) is 0 Å². The monoisotopic (exact) mass is 286 g/mol. The molecule has 1 heterocycles. The minimum absolute atomic E-state index is 0.470. The summed E-state index contributed by atoms with van der Waals surface area (Å²) in [5.74, 6) is 1.04. The highest BCUT2D eigenvalue weighted by Gasteiger charge is 2.03. The first kappa shape index (κ1) is 12.5. The minimum Gasteiger partial charge on any atom is -0.339 e. The van der Waals surface area contributed by atoms with Gasteiger partial charge in [-0.1, -0.05) is 35.3 Å². The van der Waals surface area contributed by atoms with Crippen molar-refractivity contribution in [2.75, 3.05) is 5.32 Å². The highest BCUT2D eigenvalue weighted by Crippen LogP contribution is 2.26. The quantitative estimate of drug-likeness (QED) is 0.815. The van der Waals surface area contributed by atoms with Gasteiger partial charge in [-0.15, -0.1) is 11.6 Å². The van der Waals surface area contributed by atoms with Gasteiger partial charge in [-0.2, -0.15) is 0 Å². The predicted molar refractivity (Wildman–Crippen MR) is 73.5 cm³/mol. The summed E-state index contributed by atoms with van der Waals surface area (Å²) in [5.41, 5.74) is 1.92. The minimum atomic E-state index is 0.470. The van der Waals surface area contributed by atoms with Gasteiger partial charge >= 0.3 is 0 Å². The topological polar surface area (TPSA) is 24.9 Å². The lowest BCUT2D eigenvalue weighted by Gasteiger charge is -2.08. The van der Waals surface area contributed by atoms with Crippen molar-refractivity contribution in [2.24, 2.45) is 0 Å². The van der Waals surface area contributed by atoms with E-state index in [0.717, 1.165) is 11.3 Å². The van der Waals surface area contributed by atoms with Crippen LogP contribution in [0.25, 0.3) is 0 Å². The van der Waals surface area contributed by atoms with E-state index in [2.05, 4.69) is 10.3 Å². The molecule has 2 nitrogen and oxygen atoms in total. The molecule has 1 N–H and O–H groups in total. The van der Waals surface area contributed by atoms with Crippen molar-refractivity contribution in [3.05, 3.63) is 52.1 Å². The first-order chi connectivity index (χ1) is 8.19. The number of benzene rings is 1. The van der Waals surface area contributed by atoms with Crippen molar-refractivity contribution in [3.8, 4) is 0 Å². The number of rotatable bonds is 3. The van der Waals surface area contributed by atoms with Gasteiger partial charge in [0.2, 0.25) is 0 Å². The van der Waals surface area contributed by atoms with Gasteiger partial charge in [0.05, 0.1) is 10.0 Å². The Labute approximate surface area is 115 Å². The van der Waals surface area contributed by atoms with Gasteiger partial charge in [-0.25, -0.2) is 4.98 Å². The molecule has 0 spiro atoms. The number of hydrogen-bond acceptors (Lipinski definition) is 2. The molecule has 2 rings (SSSR count). The van der Waals surface area contributed by atoms with Crippen LogP contribution in [0.15, 0.2) is 36.5 Å². The number of anilines is 2. The third-order valence-electron chi connectivity index (χ3n) is 2.15. The number of hydrogen-bond donors (Lipinski definition) is 1. The second-order valence-electron chi connectivity index (χ2n) is 3.44. The van der Waals surface area contributed by atoms with Gasteiger partial charge in [0.1, 0.15) is 5.82 Å². The van der Waals surface area contributed by atoms with E-state index in [1.807, 2.05) is 24.3 Å². The molecule has 0 bridgehead atoms. The smallest absolute Gasteiger partial charge is 0.149 e. The standard InChI is InChI=1S/C12H9Cl3N2/c13-6-8-2-1-3-10(4-8)17-12-11(15)5-9(14)7-16-12/h1-5,7H,6H2,(H,16,17). The van der Waals surface area contributed by atoms with Crippen LogP contribution >= 0.6 is 34.8 Å². The molecule has 17 heavy (non-hydrogen) atoms. The van der Waals surface area contributed by atoms with Crippen LogP contribution in [-0.4, -0.2) is 4.98 Å². The summed E-state index contributed by atoms with van der Waals surface area (Å²) in [6.45, 7) is 0. The number of nitrogens with one attached hydrogen (secondary N) is 1. The van der Waals surface area contributed by atoms with Crippen molar-refractivity contribution < 1.29 is 0 Å². The highest BCUT2D eigenvalue weighted by atomic mass is 35.5. The maximum Gasteiger partial charge on any atom is 0.149 e. The summed E-state index contributed by atoms with van der Waals surface area (Å²) in [6, 6.07) is 9.38. The number of pyridine rings is 1. The summed E-state index contributed by atoms with van der Waals surface area (Å²) in [7, 11) is 0. The van der Waals surface area contributed by atoms with E-state index in [-0.39, 0.29) is 0 Å². The fraction of sp³-hybridized carbons (Fsp3) is 0.0833. The zero-order valence-electron chi connectivity index (χ0n) is 8.75. The van der Waals surface area contributed by atoms with Gasteiger partial charge in [0, 0.05) is 17.8 Å². The molecule has 1 aromatic heterocycles. The van der Waals surface area contributed by atoms with Crippen molar-refractivity contribution in [3.63, 3.8) is 0 Å². The average molecular weight is 288 g/mol. The second kappa shape index (κ2) is 5.58. The van der Waals surface area contributed by atoms with E-state index < -0.39 is 0 Å². The molecule has 5 heteroatoms. The zero-order valence-corrected chi connectivity index (χ0v) is 11.0. The van der Waals surface area contributed by atoms with Crippen LogP contribution in [0.1, 0.15) is 5.56 Å². The first-order valence-electron chi connectivity index (χ1n) is 4.92. The molecule has 0 unspecified atom stereocenters. The fourth-order valence-electron chi connectivity index (χ4n) is 1.38. The van der Waals surface area contributed by atoms with E-state index in [4.69, 9.17) is 34.8 Å².